The van der Waals surface area contributed by atoms with E-state index >= 15 is 0 Å². The van der Waals surface area contributed by atoms with E-state index in [1.165, 1.54) is 5.56 Å². The first-order chi connectivity index (χ1) is 10.6. The van der Waals surface area contributed by atoms with E-state index in [2.05, 4.69) is 13.8 Å². The lowest BCUT2D eigenvalue weighted by atomic mass is 10.0. The zero-order chi connectivity index (χ0) is 15.7. The van der Waals surface area contributed by atoms with Crippen molar-refractivity contribution in [1.82, 2.24) is 14.7 Å². The minimum absolute atomic E-state index is 0.108. The van der Waals surface area contributed by atoms with Crippen LogP contribution in [0.4, 0.5) is 0 Å². The summed E-state index contributed by atoms with van der Waals surface area (Å²) >= 11 is 1.55. The van der Waals surface area contributed by atoms with Crippen LogP contribution in [0.5, 0.6) is 0 Å². The molecular weight excluding hydrogens is 298 g/mol. The van der Waals surface area contributed by atoms with Gasteiger partial charge in [0.25, 0.3) is 5.91 Å². The zero-order valence-corrected chi connectivity index (χ0v) is 14.0. The van der Waals surface area contributed by atoms with Gasteiger partial charge < -0.3 is 9.64 Å². The monoisotopic (exact) mass is 319 g/mol. The van der Waals surface area contributed by atoms with Gasteiger partial charge in [0.2, 0.25) is 0 Å². The van der Waals surface area contributed by atoms with Crippen LogP contribution in [0.25, 0.3) is 0 Å². The lowest BCUT2D eigenvalue weighted by Gasteiger charge is -2.28. The van der Waals surface area contributed by atoms with Crippen molar-refractivity contribution < 1.29 is 9.53 Å². The molecule has 1 amide bonds. The lowest BCUT2D eigenvalue weighted by molar-refractivity contribution is 0.0729. The van der Waals surface area contributed by atoms with Gasteiger partial charge >= 0.3 is 0 Å². The average Bonchev–Trinajstić information content (AvgIpc) is 3.14. The van der Waals surface area contributed by atoms with E-state index in [1.54, 1.807) is 18.4 Å². The number of nitrogens with zero attached hydrogens (tertiary/aromatic N) is 3. The Hall–Kier alpha value is -1.66. The molecule has 3 heterocycles. The van der Waals surface area contributed by atoms with E-state index < -0.39 is 0 Å². The number of rotatable bonds is 4. The number of amides is 1. The first kappa shape index (κ1) is 15.2. The molecule has 6 heteroatoms. The van der Waals surface area contributed by atoms with Crippen molar-refractivity contribution in [2.45, 2.75) is 39.5 Å². The highest BCUT2D eigenvalue weighted by atomic mass is 32.1. The molecule has 1 aliphatic heterocycles. The number of fused-ring (bicyclic) bond motifs is 1. The van der Waals surface area contributed by atoms with Crippen molar-refractivity contribution in [2.24, 2.45) is 0 Å². The molecule has 0 saturated heterocycles. The molecule has 0 bridgehead atoms. The second-order valence-corrected chi connectivity index (χ2v) is 6.61. The molecule has 0 unspecified atom stereocenters. The summed E-state index contributed by atoms with van der Waals surface area (Å²) in [7, 11) is 1.69. The summed E-state index contributed by atoms with van der Waals surface area (Å²) in [4.78, 5) is 14.5. The van der Waals surface area contributed by atoms with Crippen LogP contribution in [0.15, 0.2) is 16.8 Å². The standard InChI is InChI=1S/C16H21N3O2S/c1-11(2)19-15-8-18(16(20)12-5-7-22-10-12)6-4-13(15)14(17-19)9-21-3/h5,7,10-11H,4,6,8-9H2,1-3H3. The maximum Gasteiger partial charge on any atom is 0.255 e. The lowest BCUT2D eigenvalue weighted by Crippen LogP contribution is -2.36. The zero-order valence-electron chi connectivity index (χ0n) is 13.2. The molecule has 1 aliphatic rings. The van der Waals surface area contributed by atoms with E-state index in [4.69, 9.17) is 9.84 Å². The number of methoxy groups -OCH3 is 1. The SMILES string of the molecule is COCc1nn(C(C)C)c2c1CCN(C(=O)c1ccsc1)C2. The van der Waals surface area contributed by atoms with Gasteiger partial charge in [0.1, 0.15) is 0 Å². The Morgan fingerprint density at radius 1 is 1.50 bits per heavy atom. The second-order valence-electron chi connectivity index (χ2n) is 5.83. The molecule has 2 aromatic heterocycles. The van der Waals surface area contributed by atoms with E-state index in [0.717, 1.165) is 29.9 Å². The van der Waals surface area contributed by atoms with E-state index in [1.807, 2.05) is 26.4 Å². The topological polar surface area (TPSA) is 47.4 Å². The van der Waals surface area contributed by atoms with Crippen molar-refractivity contribution in [3.8, 4) is 0 Å². The number of hydrogen-bond donors (Lipinski definition) is 0. The van der Waals surface area contributed by atoms with Crippen LogP contribution in [0.3, 0.4) is 0 Å². The predicted molar refractivity (Wildman–Crippen MR) is 86.1 cm³/mol. The van der Waals surface area contributed by atoms with Crippen LogP contribution in [-0.2, 0) is 24.3 Å². The highest BCUT2D eigenvalue weighted by molar-refractivity contribution is 7.08. The third kappa shape index (κ3) is 2.68. The number of hydrogen-bond acceptors (Lipinski definition) is 4. The van der Waals surface area contributed by atoms with Crippen molar-refractivity contribution in [3.05, 3.63) is 39.3 Å². The fourth-order valence-electron chi connectivity index (χ4n) is 2.94. The third-order valence-corrected chi connectivity index (χ3v) is 4.68. The van der Waals surface area contributed by atoms with Crippen LogP contribution in [0, 0.1) is 0 Å². The highest BCUT2D eigenvalue weighted by Gasteiger charge is 2.28. The minimum Gasteiger partial charge on any atom is -0.378 e. The summed E-state index contributed by atoms with van der Waals surface area (Å²) in [5, 5.41) is 8.55. The van der Waals surface area contributed by atoms with Gasteiger partial charge in [-0.3, -0.25) is 9.48 Å². The predicted octanol–water partition coefficient (Wildman–Crippen LogP) is 2.87. The molecule has 0 fully saturated rings. The van der Waals surface area contributed by atoms with E-state index in [9.17, 15) is 4.79 Å². The Kier molecular flexibility index (Phi) is 4.31. The van der Waals surface area contributed by atoms with E-state index in [0.29, 0.717) is 13.2 Å². The Bertz CT molecular complexity index is 661. The molecule has 0 radical (unpaired) electrons. The quantitative estimate of drug-likeness (QED) is 0.870. The van der Waals surface area contributed by atoms with Crippen molar-refractivity contribution in [3.63, 3.8) is 0 Å². The summed E-state index contributed by atoms with van der Waals surface area (Å²) in [5.74, 6) is 0.108. The summed E-state index contributed by atoms with van der Waals surface area (Å²) in [6, 6.07) is 2.16. The average molecular weight is 319 g/mol. The molecule has 118 valence electrons. The van der Waals surface area contributed by atoms with Gasteiger partial charge in [-0.25, -0.2) is 0 Å². The van der Waals surface area contributed by atoms with Crippen LogP contribution in [-0.4, -0.2) is 34.2 Å². The van der Waals surface area contributed by atoms with Crippen molar-refractivity contribution in [2.75, 3.05) is 13.7 Å². The second kappa shape index (κ2) is 6.22. The van der Waals surface area contributed by atoms with Gasteiger partial charge in [0.15, 0.2) is 0 Å². The fourth-order valence-corrected chi connectivity index (χ4v) is 3.57. The number of ether oxygens (including phenoxy) is 1. The first-order valence-electron chi connectivity index (χ1n) is 7.51. The first-order valence-corrected chi connectivity index (χ1v) is 8.45. The number of aromatic nitrogens is 2. The molecule has 0 spiro atoms. The number of carbonyl (C=O) groups excluding carboxylic acids is 1. The van der Waals surface area contributed by atoms with Gasteiger partial charge in [-0.2, -0.15) is 16.4 Å². The summed E-state index contributed by atoms with van der Waals surface area (Å²) in [6.45, 7) is 6.12. The maximum absolute atomic E-state index is 12.6. The van der Waals surface area contributed by atoms with Gasteiger partial charge in [-0.1, -0.05) is 0 Å². The van der Waals surface area contributed by atoms with Crippen molar-refractivity contribution >= 4 is 17.2 Å². The van der Waals surface area contributed by atoms with Crippen LogP contribution >= 0.6 is 11.3 Å². The summed E-state index contributed by atoms with van der Waals surface area (Å²) < 4.78 is 7.30. The molecule has 22 heavy (non-hydrogen) atoms. The number of thiophene rings is 1. The normalized spacial score (nSPS) is 14.5. The molecule has 0 aliphatic carbocycles. The molecule has 0 aromatic carbocycles. The van der Waals surface area contributed by atoms with Crippen molar-refractivity contribution in [1.29, 1.82) is 0 Å². The Balaban J connectivity index is 1.90. The summed E-state index contributed by atoms with van der Waals surface area (Å²) in [6.07, 6.45) is 0.844. The Labute approximate surface area is 134 Å². The molecule has 2 aromatic rings. The van der Waals surface area contributed by atoms with Crippen LogP contribution in [0.2, 0.25) is 0 Å². The molecule has 0 saturated carbocycles. The molecular formula is C16H21N3O2S. The van der Waals surface area contributed by atoms with Crippen LogP contribution < -0.4 is 0 Å². The van der Waals surface area contributed by atoms with Gasteiger partial charge in [-0.15, -0.1) is 0 Å². The molecule has 5 nitrogen and oxygen atoms in total. The maximum atomic E-state index is 12.6. The smallest absolute Gasteiger partial charge is 0.255 e. The largest absolute Gasteiger partial charge is 0.378 e. The van der Waals surface area contributed by atoms with Crippen LogP contribution in [0.1, 0.15) is 47.2 Å². The van der Waals surface area contributed by atoms with Gasteiger partial charge in [-0.05, 0) is 31.7 Å². The highest BCUT2D eigenvalue weighted by Crippen LogP contribution is 2.26. The van der Waals surface area contributed by atoms with Gasteiger partial charge in [0, 0.05) is 30.6 Å². The third-order valence-electron chi connectivity index (χ3n) is 4.00. The molecule has 0 N–H and O–H groups in total. The fraction of sp³-hybridized carbons (Fsp3) is 0.500. The summed E-state index contributed by atoms with van der Waals surface area (Å²) in [5.41, 5.74) is 4.19. The molecule has 0 atom stereocenters. The van der Waals surface area contributed by atoms with Gasteiger partial charge in [0.05, 0.1) is 30.1 Å². The molecule has 3 rings (SSSR count). The Morgan fingerprint density at radius 2 is 2.32 bits per heavy atom. The Morgan fingerprint density at radius 3 is 2.95 bits per heavy atom. The minimum atomic E-state index is 0.108. The number of carbonyl (C=O) groups is 1. The van der Waals surface area contributed by atoms with E-state index in [-0.39, 0.29) is 11.9 Å².